The van der Waals surface area contributed by atoms with E-state index in [-0.39, 0.29) is 44.6 Å². The molecule has 12 nitrogen and oxygen atoms in total. The number of H-pyrrole nitrogens is 1. The maximum absolute atomic E-state index is 11.7. The summed E-state index contributed by atoms with van der Waals surface area (Å²) in [7, 11) is 1.59. The maximum Gasteiger partial charge on any atom is 0.332 e. The molecule has 2 aromatic heterocycles. The third kappa shape index (κ3) is 6.94. The van der Waals surface area contributed by atoms with Crippen LogP contribution in [-0.2, 0) is 35.2 Å². The van der Waals surface area contributed by atoms with E-state index in [0.717, 1.165) is 0 Å². The van der Waals surface area contributed by atoms with Crippen molar-refractivity contribution in [2.45, 2.75) is 6.73 Å². The average Bonchev–Trinajstić information content (AvgIpc) is 3.04. The van der Waals surface area contributed by atoms with Gasteiger partial charge in [-0.3, -0.25) is 14.3 Å². The van der Waals surface area contributed by atoms with E-state index in [4.69, 9.17) is 29.4 Å². The molecule has 3 N–H and O–H groups in total. The van der Waals surface area contributed by atoms with Crippen LogP contribution in [0.2, 0.25) is 0 Å². The summed E-state index contributed by atoms with van der Waals surface area (Å²) in [4.78, 5) is 33.5. The molecule has 0 spiro atoms. The normalized spacial score (nSPS) is 11.1. The predicted molar refractivity (Wildman–Crippen MR) is 93.0 cm³/mol. The van der Waals surface area contributed by atoms with Crippen LogP contribution in [-0.4, -0.2) is 78.8 Å². The smallest absolute Gasteiger partial charge is 0.332 e. The van der Waals surface area contributed by atoms with E-state index in [2.05, 4.69) is 15.0 Å². The molecule has 2 aromatic rings. The van der Waals surface area contributed by atoms with Crippen LogP contribution < -0.4 is 11.3 Å². The molecule has 27 heavy (non-hydrogen) atoms. The second-order valence-corrected chi connectivity index (χ2v) is 5.25. The Morgan fingerprint density at radius 1 is 1.15 bits per heavy atom. The molecule has 0 saturated carbocycles. The zero-order chi connectivity index (χ0) is 19.5. The van der Waals surface area contributed by atoms with Crippen molar-refractivity contribution in [3.63, 3.8) is 0 Å². The number of nitrogens with two attached hydrogens (primary N) is 1. The Hall–Kier alpha value is -2.54. The minimum absolute atomic E-state index is 0.00715. The molecule has 150 valence electrons. The van der Waals surface area contributed by atoms with Crippen LogP contribution in [0.3, 0.4) is 0 Å². The lowest BCUT2D eigenvalue weighted by Gasteiger charge is -2.08. The van der Waals surface area contributed by atoms with Gasteiger partial charge in [0.05, 0.1) is 39.4 Å². The number of ether oxygens (including phenoxy) is 5. The van der Waals surface area contributed by atoms with E-state index >= 15 is 0 Å². The number of nitrogen functional groups attached to an aromatic ring is 1. The monoisotopic (exact) mass is 385 g/mol. The Balaban J connectivity index is 1.57. The largest absolute Gasteiger partial charge is 0.462 e. The lowest BCUT2D eigenvalue weighted by Crippen LogP contribution is -2.18. The Bertz CT molecular complexity index is 775. The number of hydrogen-bond acceptors (Lipinski definition) is 10. The van der Waals surface area contributed by atoms with Crippen LogP contribution in [0.5, 0.6) is 0 Å². The molecule has 0 fully saturated rings. The van der Waals surface area contributed by atoms with E-state index in [9.17, 15) is 9.59 Å². The second kappa shape index (κ2) is 11.2. The highest BCUT2D eigenvalue weighted by Gasteiger charge is 2.09. The third-order valence-corrected chi connectivity index (χ3v) is 3.24. The Morgan fingerprint density at radius 2 is 1.89 bits per heavy atom. The minimum atomic E-state index is -0.496. The van der Waals surface area contributed by atoms with Gasteiger partial charge in [0.25, 0.3) is 5.56 Å². The van der Waals surface area contributed by atoms with Crippen molar-refractivity contribution in [3.05, 3.63) is 16.7 Å². The van der Waals surface area contributed by atoms with Crippen molar-refractivity contribution in [1.29, 1.82) is 0 Å². The quantitative estimate of drug-likeness (QED) is 0.321. The molecule has 0 aliphatic rings. The summed E-state index contributed by atoms with van der Waals surface area (Å²) in [6.07, 6.45) is 1.42. The number of hydrogen-bond donors (Lipinski definition) is 2. The van der Waals surface area contributed by atoms with Gasteiger partial charge in [-0.25, -0.2) is 9.78 Å². The van der Waals surface area contributed by atoms with Gasteiger partial charge in [0.15, 0.2) is 11.2 Å². The number of fused-ring (bicyclic) bond motifs is 1. The van der Waals surface area contributed by atoms with Gasteiger partial charge in [0.2, 0.25) is 5.95 Å². The van der Waals surface area contributed by atoms with E-state index in [1.807, 2.05) is 0 Å². The first-order valence-electron chi connectivity index (χ1n) is 8.20. The van der Waals surface area contributed by atoms with Crippen molar-refractivity contribution >= 4 is 23.1 Å². The summed E-state index contributed by atoms with van der Waals surface area (Å²) in [6.45, 7) is 1.80. The molecule has 0 unspecified atom stereocenters. The number of anilines is 1. The third-order valence-electron chi connectivity index (χ3n) is 3.24. The number of carbonyl (C=O) groups excluding carboxylic acids is 1. The van der Waals surface area contributed by atoms with Gasteiger partial charge in [0.1, 0.15) is 19.9 Å². The van der Waals surface area contributed by atoms with Gasteiger partial charge in [-0.2, -0.15) is 4.98 Å². The molecule has 2 rings (SSSR count). The Labute approximate surface area is 154 Å². The van der Waals surface area contributed by atoms with Crippen molar-refractivity contribution in [2.75, 3.05) is 59.1 Å². The van der Waals surface area contributed by atoms with Gasteiger partial charge < -0.3 is 29.4 Å². The zero-order valence-electron chi connectivity index (χ0n) is 15.0. The molecule has 0 aromatic carbocycles. The van der Waals surface area contributed by atoms with E-state index in [1.54, 1.807) is 7.11 Å². The van der Waals surface area contributed by atoms with Crippen LogP contribution in [0.15, 0.2) is 11.1 Å². The predicted octanol–water partition coefficient (Wildman–Crippen LogP) is -1.10. The van der Waals surface area contributed by atoms with E-state index < -0.39 is 11.5 Å². The maximum atomic E-state index is 11.7. The number of esters is 1. The lowest BCUT2D eigenvalue weighted by atomic mass is 10.5. The molecule has 0 bridgehead atoms. The number of methoxy groups -OCH3 is 1. The van der Waals surface area contributed by atoms with Gasteiger partial charge >= 0.3 is 5.97 Å². The first-order valence-corrected chi connectivity index (χ1v) is 8.20. The van der Waals surface area contributed by atoms with Gasteiger partial charge in [0, 0.05) is 7.11 Å². The fourth-order valence-corrected chi connectivity index (χ4v) is 2.00. The molecule has 0 aliphatic heterocycles. The molecule has 0 atom stereocenters. The first-order chi connectivity index (χ1) is 13.1. The number of nitrogens with zero attached hydrogens (tertiary/aromatic N) is 3. The average molecular weight is 385 g/mol. The molecule has 0 saturated heterocycles. The van der Waals surface area contributed by atoms with Crippen LogP contribution in [0.4, 0.5) is 5.95 Å². The van der Waals surface area contributed by atoms with Gasteiger partial charge in [-0.05, 0) is 0 Å². The summed E-state index contributed by atoms with van der Waals surface area (Å²) in [5, 5.41) is 0. The summed E-state index contributed by atoms with van der Waals surface area (Å²) >= 11 is 0. The van der Waals surface area contributed by atoms with Crippen molar-refractivity contribution in [2.24, 2.45) is 0 Å². The van der Waals surface area contributed by atoms with Crippen LogP contribution in [0.25, 0.3) is 11.2 Å². The van der Waals surface area contributed by atoms with Crippen LogP contribution in [0, 0.1) is 0 Å². The van der Waals surface area contributed by atoms with Crippen molar-refractivity contribution in [1.82, 2.24) is 19.5 Å². The SMILES string of the molecule is COCCOCCOCC(=O)OCCOCn1cnc2c(=O)[nH]c(N)nc21. The number of nitrogens with one attached hydrogen (secondary N) is 1. The number of aromatic amines is 1. The summed E-state index contributed by atoms with van der Waals surface area (Å²) < 4.78 is 27.0. The van der Waals surface area contributed by atoms with Crippen LogP contribution >= 0.6 is 0 Å². The Kier molecular flexibility index (Phi) is 8.64. The van der Waals surface area contributed by atoms with E-state index in [1.165, 1.54) is 10.9 Å². The fourth-order valence-electron chi connectivity index (χ4n) is 2.00. The second-order valence-electron chi connectivity index (χ2n) is 5.25. The lowest BCUT2D eigenvalue weighted by molar-refractivity contribution is -0.151. The molecular formula is C15H23N5O7. The number of imidazole rings is 1. The molecule has 0 amide bonds. The van der Waals surface area contributed by atoms with Crippen molar-refractivity contribution < 1.29 is 28.5 Å². The number of carbonyl (C=O) groups is 1. The summed E-state index contributed by atoms with van der Waals surface area (Å²) in [6, 6.07) is 0. The molecule has 0 aliphatic carbocycles. The molecular weight excluding hydrogens is 362 g/mol. The fraction of sp³-hybridized carbons (Fsp3) is 0.600. The highest BCUT2D eigenvalue weighted by molar-refractivity contribution is 5.71. The highest BCUT2D eigenvalue weighted by Crippen LogP contribution is 2.06. The highest BCUT2D eigenvalue weighted by atomic mass is 16.6. The number of aromatic nitrogens is 4. The Morgan fingerprint density at radius 3 is 2.70 bits per heavy atom. The standard InChI is InChI=1S/C15H23N5O7/c1-23-2-3-24-4-5-25-8-11(21)27-7-6-26-10-20-9-17-12-13(20)18-15(16)19-14(12)22/h9H,2-8,10H2,1H3,(H3,16,18,19,22). The van der Waals surface area contributed by atoms with Crippen molar-refractivity contribution in [3.8, 4) is 0 Å². The first kappa shape index (κ1) is 20.8. The minimum Gasteiger partial charge on any atom is -0.462 e. The number of rotatable bonds is 13. The zero-order valence-corrected chi connectivity index (χ0v) is 15.0. The van der Waals surface area contributed by atoms with Gasteiger partial charge in [-0.15, -0.1) is 0 Å². The van der Waals surface area contributed by atoms with Gasteiger partial charge in [-0.1, -0.05) is 0 Å². The topological polar surface area (TPSA) is 153 Å². The molecule has 2 heterocycles. The molecule has 12 heteroatoms. The van der Waals surface area contributed by atoms with Crippen LogP contribution in [0.1, 0.15) is 0 Å². The molecule has 0 radical (unpaired) electrons. The van der Waals surface area contributed by atoms with E-state index in [0.29, 0.717) is 25.5 Å². The summed E-state index contributed by atoms with van der Waals surface area (Å²) in [5.74, 6) is -0.503. The summed E-state index contributed by atoms with van der Waals surface area (Å²) in [5.41, 5.74) is 5.57.